The first-order valence-corrected chi connectivity index (χ1v) is 10.3. The minimum Gasteiger partial charge on any atom is -0.495 e. The van der Waals surface area contributed by atoms with Gasteiger partial charge in [0, 0.05) is 12.1 Å². The Labute approximate surface area is 168 Å². The van der Waals surface area contributed by atoms with E-state index in [2.05, 4.69) is 15.4 Å². The smallest absolute Gasteiger partial charge is 0.262 e. The Morgan fingerprint density at radius 2 is 1.76 bits per heavy atom. The molecule has 0 unspecified atom stereocenters. The molecule has 0 saturated carbocycles. The Balaban J connectivity index is 2.15. The van der Waals surface area contributed by atoms with Crippen LogP contribution in [0.1, 0.15) is 19.8 Å². The van der Waals surface area contributed by atoms with Gasteiger partial charge in [0.1, 0.15) is 11.6 Å². The molecule has 0 aromatic heterocycles. The van der Waals surface area contributed by atoms with E-state index in [1.165, 1.54) is 25.3 Å². The number of methoxy groups -OCH3 is 1. The quantitative estimate of drug-likeness (QED) is 0.573. The van der Waals surface area contributed by atoms with Crippen molar-refractivity contribution in [2.45, 2.75) is 24.7 Å². The SMILES string of the molecule is CCCC(=O)NCC(=O)Nc1ccc(OC)c(NS(=O)(=O)c2ccc(F)cc2)c1. The first-order valence-electron chi connectivity index (χ1n) is 8.78. The Hall–Kier alpha value is -3.14. The van der Waals surface area contributed by atoms with Gasteiger partial charge >= 0.3 is 0 Å². The number of hydrogen-bond donors (Lipinski definition) is 3. The van der Waals surface area contributed by atoms with Gasteiger partial charge in [-0.15, -0.1) is 0 Å². The number of anilines is 2. The molecule has 2 rings (SSSR count). The molecule has 0 saturated heterocycles. The van der Waals surface area contributed by atoms with Crippen LogP contribution in [0.15, 0.2) is 47.4 Å². The molecule has 3 N–H and O–H groups in total. The van der Waals surface area contributed by atoms with E-state index in [9.17, 15) is 22.4 Å². The van der Waals surface area contributed by atoms with Gasteiger partial charge in [-0.25, -0.2) is 12.8 Å². The van der Waals surface area contributed by atoms with E-state index in [-0.39, 0.29) is 28.8 Å². The van der Waals surface area contributed by atoms with Gasteiger partial charge in [-0.1, -0.05) is 6.92 Å². The zero-order valence-electron chi connectivity index (χ0n) is 16.0. The summed E-state index contributed by atoms with van der Waals surface area (Å²) in [7, 11) is -2.63. The molecule has 29 heavy (non-hydrogen) atoms. The number of amides is 2. The van der Waals surface area contributed by atoms with E-state index < -0.39 is 21.7 Å². The Bertz CT molecular complexity index is 978. The van der Waals surface area contributed by atoms with Crippen LogP contribution in [0.5, 0.6) is 5.75 Å². The number of benzene rings is 2. The summed E-state index contributed by atoms with van der Waals surface area (Å²) in [5, 5.41) is 5.06. The third-order valence-electron chi connectivity index (χ3n) is 3.77. The molecule has 8 nitrogen and oxygen atoms in total. The number of carbonyl (C=O) groups is 2. The first kappa shape index (κ1) is 22.2. The van der Waals surface area contributed by atoms with Crippen molar-refractivity contribution in [1.29, 1.82) is 0 Å². The molecule has 0 aliphatic rings. The van der Waals surface area contributed by atoms with Gasteiger partial charge in [0.2, 0.25) is 11.8 Å². The van der Waals surface area contributed by atoms with Crippen molar-refractivity contribution in [3.8, 4) is 5.75 Å². The summed E-state index contributed by atoms with van der Waals surface area (Å²) in [6, 6.07) is 8.73. The highest BCUT2D eigenvalue weighted by Crippen LogP contribution is 2.30. The lowest BCUT2D eigenvalue weighted by atomic mass is 10.2. The van der Waals surface area contributed by atoms with E-state index in [4.69, 9.17) is 4.74 Å². The molecular formula is C19H22FN3O5S. The van der Waals surface area contributed by atoms with Crippen molar-refractivity contribution in [3.63, 3.8) is 0 Å². The predicted octanol–water partition coefficient (Wildman–Crippen LogP) is 2.49. The van der Waals surface area contributed by atoms with Crippen molar-refractivity contribution in [1.82, 2.24) is 5.32 Å². The van der Waals surface area contributed by atoms with E-state index in [0.717, 1.165) is 24.3 Å². The maximum Gasteiger partial charge on any atom is 0.262 e. The van der Waals surface area contributed by atoms with Crippen LogP contribution in [-0.4, -0.2) is 33.9 Å². The second-order valence-electron chi connectivity index (χ2n) is 6.05. The Morgan fingerprint density at radius 1 is 1.07 bits per heavy atom. The van der Waals surface area contributed by atoms with Crippen molar-refractivity contribution in [2.75, 3.05) is 23.7 Å². The van der Waals surface area contributed by atoms with Crippen LogP contribution in [0, 0.1) is 5.82 Å². The number of sulfonamides is 1. The summed E-state index contributed by atoms with van der Waals surface area (Å²) in [4.78, 5) is 23.3. The fourth-order valence-corrected chi connectivity index (χ4v) is 3.44. The van der Waals surface area contributed by atoms with E-state index in [1.807, 2.05) is 6.92 Å². The molecule has 156 valence electrons. The lowest BCUT2D eigenvalue weighted by Crippen LogP contribution is -2.32. The monoisotopic (exact) mass is 423 g/mol. The van der Waals surface area contributed by atoms with Crippen molar-refractivity contribution in [2.24, 2.45) is 0 Å². The standard InChI is InChI=1S/C19H22FN3O5S/c1-3-4-18(24)21-12-19(25)22-14-7-10-17(28-2)16(11-14)23-29(26,27)15-8-5-13(20)6-9-15/h5-11,23H,3-4,12H2,1-2H3,(H,21,24)(H,22,25). The zero-order valence-corrected chi connectivity index (χ0v) is 16.8. The fraction of sp³-hybridized carbons (Fsp3) is 0.263. The summed E-state index contributed by atoms with van der Waals surface area (Å²) < 4.78 is 45.6. The molecule has 0 atom stereocenters. The van der Waals surface area contributed by atoms with Crippen LogP contribution >= 0.6 is 0 Å². The molecule has 0 bridgehead atoms. The third kappa shape index (κ3) is 6.46. The predicted molar refractivity (Wildman–Crippen MR) is 107 cm³/mol. The van der Waals surface area contributed by atoms with Gasteiger partial charge in [0.15, 0.2) is 0 Å². The van der Waals surface area contributed by atoms with Crippen LogP contribution in [0.25, 0.3) is 0 Å². The normalized spacial score (nSPS) is 10.9. The third-order valence-corrected chi connectivity index (χ3v) is 5.16. The minimum atomic E-state index is -4.00. The largest absolute Gasteiger partial charge is 0.495 e. The maximum absolute atomic E-state index is 13.0. The van der Waals surface area contributed by atoms with Gasteiger partial charge in [0.05, 0.1) is 24.2 Å². The number of hydrogen-bond acceptors (Lipinski definition) is 5. The highest BCUT2D eigenvalue weighted by molar-refractivity contribution is 7.92. The number of ether oxygens (including phenoxy) is 1. The molecule has 0 heterocycles. The van der Waals surface area contributed by atoms with Crippen LogP contribution in [0.3, 0.4) is 0 Å². The molecular weight excluding hydrogens is 401 g/mol. The minimum absolute atomic E-state index is 0.0876. The van der Waals surface area contributed by atoms with Crippen molar-refractivity contribution >= 4 is 33.2 Å². The molecule has 0 fully saturated rings. The number of halogens is 1. The molecule has 2 amide bonds. The van der Waals surface area contributed by atoms with Gasteiger partial charge in [-0.3, -0.25) is 14.3 Å². The second kappa shape index (κ2) is 9.87. The molecule has 2 aromatic carbocycles. The summed E-state index contributed by atoms with van der Waals surface area (Å²) >= 11 is 0. The highest BCUT2D eigenvalue weighted by atomic mass is 32.2. The Kier molecular flexibility index (Phi) is 7.54. The molecule has 0 aliphatic carbocycles. The molecule has 2 aromatic rings. The maximum atomic E-state index is 13.0. The lowest BCUT2D eigenvalue weighted by Gasteiger charge is -2.14. The summed E-state index contributed by atoms with van der Waals surface area (Å²) in [5.74, 6) is -1.03. The van der Waals surface area contributed by atoms with Gasteiger partial charge in [-0.2, -0.15) is 0 Å². The molecule has 0 aliphatic heterocycles. The van der Waals surface area contributed by atoms with Crippen LogP contribution in [-0.2, 0) is 19.6 Å². The van der Waals surface area contributed by atoms with Gasteiger partial charge < -0.3 is 15.4 Å². The number of carbonyl (C=O) groups excluding carboxylic acids is 2. The second-order valence-corrected chi connectivity index (χ2v) is 7.73. The summed E-state index contributed by atoms with van der Waals surface area (Å²) in [6.45, 7) is 1.65. The van der Waals surface area contributed by atoms with Crippen LogP contribution in [0.2, 0.25) is 0 Å². The van der Waals surface area contributed by atoms with Crippen LogP contribution < -0.4 is 20.1 Å². The van der Waals surface area contributed by atoms with Crippen molar-refractivity contribution < 1.29 is 27.1 Å². The first-order chi connectivity index (χ1) is 13.7. The summed E-state index contributed by atoms with van der Waals surface area (Å²) in [5.41, 5.74) is 0.391. The van der Waals surface area contributed by atoms with Gasteiger partial charge in [0.25, 0.3) is 10.0 Å². The summed E-state index contributed by atoms with van der Waals surface area (Å²) in [6.07, 6.45) is 0.995. The Morgan fingerprint density at radius 3 is 2.38 bits per heavy atom. The number of nitrogens with one attached hydrogen (secondary N) is 3. The fourth-order valence-electron chi connectivity index (χ4n) is 2.38. The topological polar surface area (TPSA) is 114 Å². The molecule has 0 radical (unpaired) electrons. The van der Waals surface area contributed by atoms with E-state index >= 15 is 0 Å². The van der Waals surface area contributed by atoms with Crippen molar-refractivity contribution in [3.05, 3.63) is 48.3 Å². The number of rotatable bonds is 9. The average molecular weight is 423 g/mol. The molecule has 10 heteroatoms. The van der Waals surface area contributed by atoms with E-state index in [0.29, 0.717) is 18.5 Å². The highest BCUT2D eigenvalue weighted by Gasteiger charge is 2.17. The zero-order chi connectivity index (χ0) is 21.4. The van der Waals surface area contributed by atoms with Crippen LogP contribution in [0.4, 0.5) is 15.8 Å². The van der Waals surface area contributed by atoms with Gasteiger partial charge in [-0.05, 0) is 48.9 Å². The lowest BCUT2D eigenvalue weighted by molar-refractivity contribution is -0.124. The average Bonchev–Trinajstić information content (AvgIpc) is 2.67. The van der Waals surface area contributed by atoms with E-state index in [1.54, 1.807) is 0 Å². The molecule has 0 spiro atoms.